The number of hydrogen-bond donors (Lipinski definition) is 2. The average Bonchev–Trinajstić information content (AvgIpc) is 3.06. The van der Waals surface area contributed by atoms with E-state index >= 15 is 0 Å². The van der Waals surface area contributed by atoms with E-state index in [1.807, 2.05) is 6.07 Å². The standard InChI is InChI=1S/C20H20O5/c1-20-5-4-16(23)12-8-25-19(17(12)20)18(24)11-6-9-10(7-13(11)20)15(22)3-2-14(9)21/h6-7,12,15-16,22-23H,2-5,8H2,1H3/t12-,15?,16-,20-/m0/s1. The number of aliphatic hydroxyl groups is 2. The number of benzene rings is 1. The van der Waals surface area contributed by atoms with Crippen LogP contribution in [0, 0.1) is 5.92 Å². The van der Waals surface area contributed by atoms with Crippen LogP contribution in [0.15, 0.2) is 23.5 Å². The number of carbonyl (C=O) groups is 2. The minimum atomic E-state index is -0.670. The van der Waals surface area contributed by atoms with E-state index in [-0.39, 0.29) is 17.5 Å². The summed E-state index contributed by atoms with van der Waals surface area (Å²) >= 11 is 0. The first-order valence-electron chi connectivity index (χ1n) is 8.91. The molecule has 0 saturated heterocycles. The van der Waals surface area contributed by atoms with Crippen LogP contribution >= 0.6 is 0 Å². The van der Waals surface area contributed by atoms with E-state index < -0.39 is 17.6 Å². The second kappa shape index (κ2) is 4.80. The van der Waals surface area contributed by atoms with E-state index in [2.05, 4.69) is 6.92 Å². The molecule has 1 unspecified atom stereocenters. The molecule has 5 rings (SSSR count). The van der Waals surface area contributed by atoms with Gasteiger partial charge in [-0.2, -0.15) is 0 Å². The van der Waals surface area contributed by atoms with Crippen LogP contribution in [0.5, 0.6) is 0 Å². The van der Waals surface area contributed by atoms with Gasteiger partial charge < -0.3 is 14.9 Å². The van der Waals surface area contributed by atoms with Crippen molar-refractivity contribution >= 4 is 11.6 Å². The highest BCUT2D eigenvalue weighted by molar-refractivity contribution is 6.13. The predicted octanol–water partition coefficient (Wildman–Crippen LogP) is 2.21. The van der Waals surface area contributed by atoms with E-state index in [1.54, 1.807) is 6.07 Å². The Bertz CT molecular complexity index is 867. The smallest absolute Gasteiger partial charge is 0.227 e. The monoisotopic (exact) mass is 340 g/mol. The molecule has 1 fully saturated rings. The highest BCUT2D eigenvalue weighted by Gasteiger charge is 2.53. The van der Waals surface area contributed by atoms with Crippen molar-refractivity contribution in [3.63, 3.8) is 0 Å². The lowest BCUT2D eigenvalue weighted by Crippen LogP contribution is -2.43. The Morgan fingerprint density at radius 3 is 2.76 bits per heavy atom. The lowest BCUT2D eigenvalue weighted by molar-refractivity contribution is 0.0630. The number of fused-ring (bicyclic) bond motifs is 3. The van der Waals surface area contributed by atoms with Crippen molar-refractivity contribution in [3.8, 4) is 0 Å². The Morgan fingerprint density at radius 2 is 1.96 bits per heavy atom. The van der Waals surface area contributed by atoms with Crippen LogP contribution in [0.3, 0.4) is 0 Å². The zero-order valence-electron chi connectivity index (χ0n) is 14.0. The molecule has 5 nitrogen and oxygen atoms in total. The maximum atomic E-state index is 13.0. The van der Waals surface area contributed by atoms with Crippen LogP contribution in [-0.2, 0) is 10.2 Å². The molecule has 1 saturated carbocycles. The predicted molar refractivity (Wildman–Crippen MR) is 88.4 cm³/mol. The quantitative estimate of drug-likeness (QED) is 0.756. The van der Waals surface area contributed by atoms with E-state index in [9.17, 15) is 19.8 Å². The minimum absolute atomic E-state index is 0.0230. The van der Waals surface area contributed by atoms with Gasteiger partial charge >= 0.3 is 0 Å². The molecule has 1 heterocycles. The summed E-state index contributed by atoms with van der Waals surface area (Å²) in [6.45, 7) is 2.42. The summed E-state index contributed by atoms with van der Waals surface area (Å²) in [5, 5.41) is 20.7. The van der Waals surface area contributed by atoms with E-state index in [4.69, 9.17) is 4.74 Å². The van der Waals surface area contributed by atoms with Gasteiger partial charge in [-0.1, -0.05) is 13.0 Å². The maximum absolute atomic E-state index is 13.0. The number of carbonyl (C=O) groups excluding carboxylic acids is 2. The van der Waals surface area contributed by atoms with Gasteiger partial charge in [-0.05, 0) is 42.0 Å². The second-order valence-electron chi connectivity index (χ2n) is 7.89. The summed E-state index contributed by atoms with van der Waals surface area (Å²) in [7, 11) is 0. The van der Waals surface area contributed by atoms with Gasteiger partial charge in [0.1, 0.15) is 0 Å². The molecule has 1 aliphatic heterocycles. The van der Waals surface area contributed by atoms with Gasteiger partial charge in [-0.25, -0.2) is 0 Å². The summed E-state index contributed by atoms with van der Waals surface area (Å²) in [6.07, 6.45) is 0.936. The first kappa shape index (κ1) is 15.3. The van der Waals surface area contributed by atoms with E-state index in [0.29, 0.717) is 48.3 Å². The molecule has 4 atom stereocenters. The number of Topliss-reactive ketones (excluding diaryl/α,β-unsaturated/α-hetero) is 2. The fourth-order valence-electron chi connectivity index (χ4n) is 5.16. The molecule has 0 aromatic heterocycles. The lowest BCUT2D eigenvalue weighted by Gasteiger charge is -2.44. The van der Waals surface area contributed by atoms with Gasteiger partial charge in [0, 0.05) is 28.9 Å². The number of hydrogen-bond acceptors (Lipinski definition) is 5. The molecule has 3 aliphatic carbocycles. The first-order chi connectivity index (χ1) is 11.9. The van der Waals surface area contributed by atoms with Gasteiger partial charge in [0.05, 0.1) is 18.8 Å². The largest absolute Gasteiger partial charge is 0.489 e. The highest BCUT2D eigenvalue weighted by atomic mass is 16.5. The van der Waals surface area contributed by atoms with Crippen molar-refractivity contribution < 1.29 is 24.5 Å². The minimum Gasteiger partial charge on any atom is -0.489 e. The summed E-state index contributed by atoms with van der Waals surface area (Å²) in [6, 6.07) is 3.52. The molecule has 0 bridgehead atoms. The molecule has 0 spiro atoms. The number of rotatable bonds is 0. The molecule has 1 aromatic rings. The molecule has 25 heavy (non-hydrogen) atoms. The number of aliphatic hydroxyl groups excluding tert-OH is 2. The van der Waals surface area contributed by atoms with Gasteiger partial charge in [0.25, 0.3) is 0 Å². The lowest BCUT2D eigenvalue weighted by atomic mass is 9.58. The molecule has 1 aromatic carbocycles. The molecule has 0 amide bonds. The van der Waals surface area contributed by atoms with Crippen LogP contribution in [0.2, 0.25) is 0 Å². The number of allylic oxidation sites excluding steroid dienone is 1. The molecular formula is C20H20O5. The Morgan fingerprint density at radius 1 is 1.16 bits per heavy atom. The summed E-state index contributed by atoms with van der Waals surface area (Å²) in [5.41, 5.74) is 2.98. The molecule has 130 valence electrons. The molecule has 0 radical (unpaired) electrons. The fourth-order valence-corrected chi connectivity index (χ4v) is 5.16. The summed E-state index contributed by atoms with van der Waals surface area (Å²) in [5.74, 6) is -0.00389. The van der Waals surface area contributed by atoms with Gasteiger partial charge in [-0.3, -0.25) is 9.59 Å². The Hall–Kier alpha value is -1.98. The molecular weight excluding hydrogens is 320 g/mol. The molecule has 2 N–H and O–H groups in total. The third-order valence-electron chi connectivity index (χ3n) is 6.56. The molecule has 4 aliphatic rings. The Kier molecular flexibility index (Phi) is 2.94. The third kappa shape index (κ3) is 1.80. The van der Waals surface area contributed by atoms with E-state index in [0.717, 1.165) is 17.6 Å². The maximum Gasteiger partial charge on any atom is 0.227 e. The third-order valence-corrected chi connectivity index (χ3v) is 6.56. The average molecular weight is 340 g/mol. The summed E-state index contributed by atoms with van der Waals surface area (Å²) < 4.78 is 5.70. The van der Waals surface area contributed by atoms with E-state index in [1.165, 1.54) is 0 Å². The van der Waals surface area contributed by atoms with Crippen molar-refractivity contribution in [3.05, 3.63) is 45.7 Å². The van der Waals surface area contributed by atoms with Crippen LogP contribution in [-0.4, -0.2) is 34.5 Å². The first-order valence-corrected chi connectivity index (χ1v) is 8.91. The second-order valence-corrected chi connectivity index (χ2v) is 7.89. The number of ether oxygens (including phenoxy) is 1. The fraction of sp³-hybridized carbons (Fsp3) is 0.500. The zero-order valence-corrected chi connectivity index (χ0v) is 14.0. The van der Waals surface area contributed by atoms with Crippen LogP contribution in [0.1, 0.15) is 70.6 Å². The zero-order chi connectivity index (χ0) is 17.5. The van der Waals surface area contributed by atoms with Crippen molar-refractivity contribution in [1.29, 1.82) is 0 Å². The van der Waals surface area contributed by atoms with Gasteiger partial charge in [0.15, 0.2) is 11.5 Å². The van der Waals surface area contributed by atoms with Crippen LogP contribution in [0.25, 0.3) is 0 Å². The normalized spacial score (nSPS) is 35.9. The molecule has 5 heteroatoms. The Balaban J connectivity index is 1.78. The van der Waals surface area contributed by atoms with Gasteiger partial charge in [0.2, 0.25) is 5.78 Å². The highest BCUT2D eigenvalue weighted by Crippen LogP contribution is 2.55. The van der Waals surface area contributed by atoms with Crippen LogP contribution in [0.4, 0.5) is 0 Å². The number of ketones is 2. The Labute approximate surface area is 145 Å². The van der Waals surface area contributed by atoms with Gasteiger partial charge in [-0.15, -0.1) is 0 Å². The SMILES string of the molecule is C[C@@]12CC[C@H](O)[C@@H]3COC(=C31)C(=O)c1cc3c(cc12)C(O)CCC3=O. The van der Waals surface area contributed by atoms with Crippen LogP contribution < -0.4 is 0 Å². The van der Waals surface area contributed by atoms with Crippen molar-refractivity contribution in [1.82, 2.24) is 0 Å². The summed E-state index contributed by atoms with van der Waals surface area (Å²) in [4.78, 5) is 25.3. The topological polar surface area (TPSA) is 83.8 Å². The van der Waals surface area contributed by atoms with Crippen molar-refractivity contribution in [2.75, 3.05) is 6.61 Å². The van der Waals surface area contributed by atoms with Crippen molar-refractivity contribution in [2.45, 2.75) is 50.2 Å². The van der Waals surface area contributed by atoms with Crippen molar-refractivity contribution in [2.24, 2.45) is 5.92 Å².